The van der Waals surface area contributed by atoms with E-state index < -0.39 is 6.04 Å². The molecule has 0 aromatic heterocycles. The summed E-state index contributed by atoms with van der Waals surface area (Å²) in [7, 11) is 2.03. The maximum absolute atomic E-state index is 14.3. The molecule has 8 nitrogen and oxygen atoms in total. The summed E-state index contributed by atoms with van der Waals surface area (Å²) in [5, 5.41) is 14.2. The number of nitrogens with one attached hydrogen (secondary N) is 1. The molecule has 0 fully saturated rings. The van der Waals surface area contributed by atoms with Gasteiger partial charge in [0.2, 0.25) is 0 Å². The van der Waals surface area contributed by atoms with Gasteiger partial charge in [-0.15, -0.1) is 0 Å². The third-order valence-corrected chi connectivity index (χ3v) is 9.01. The number of fused-ring (bicyclic) bond motifs is 1. The van der Waals surface area contributed by atoms with Gasteiger partial charge < -0.3 is 24.8 Å². The molecule has 0 saturated heterocycles. The van der Waals surface area contributed by atoms with Crippen molar-refractivity contribution in [2.45, 2.75) is 64.8 Å². The van der Waals surface area contributed by atoms with Gasteiger partial charge in [0.05, 0.1) is 40.5 Å². The zero-order valence-electron chi connectivity index (χ0n) is 27.0. The van der Waals surface area contributed by atoms with Gasteiger partial charge in [0, 0.05) is 43.4 Å². The smallest absolute Gasteiger partial charge is 0.258 e. The summed E-state index contributed by atoms with van der Waals surface area (Å²) in [6, 6.07) is 19.2. The highest BCUT2D eigenvalue weighted by atomic mass is 35.5. The first-order chi connectivity index (χ1) is 22.0. The van der Waals surface area contributed by atoms with E-state index in [0.717, 1.165) is 24.8 Å². The lowest BCUT2D eigenvalue weighted by Crippen LogP contribution is -2.47. The fraction of sp³-hybridized carbons (Fsp3) is 0.444. The minimum Gasteiger partial charge on any atom is -0.490 e. The maximum atomic E-state index is 14.3. The van der Waals surface area contributed by atoms with Gasteiger partial charge in [0.15, 0.2) is 0 Å². The molecule has 248 valence electrons. The Kier molecular flexibility index (Phi) is 13.3. The number of benzene rings is 3. The first-order valence-corrected chi connectivity index (χ1v) is 16.6. The molecular weight excluding hydrogens is 625 g/mol. The van der Waals surface area contributed by atoms with E-state index in [4.69, 9.17) is 32.7 Å². The molecule has 4 atom stereocenters. The van der Waals surface area contributed by atoms with Crippen molar-refractivity contribution in [3.8, 4) is 5.75 Å². The summed E-state index contributed by atoms with van der Waals surface area (Å²) in [6.07, 6.45) is 2.25. The summed E-state index contributed by atoms with van der Waals surface area (Å²) in [5.41, 5.74) is 2.36. The van der Waals surface area contributed by atoms with Gasteiger partial charge in [-0.1, -0.05) is 54.4 Å². The van der Waals surface area contributed by atoms with Crippen LogP contribution in [0.2, 0.25) is 10.0 Å². The summed E-state index contributed by atoms with van der Waals surface area (Å²) < 4.78 is 12.8. The number of nitrogens with zero attached hydrogens (tertiary/aromatic N) is 2. The van der Waals surface area contributed by atoms with Gasteiger partial charge in [-0.3, -0.25) is 14.5 Å². The van der Waals surface area contributed by atoms with Crippen LogP contribution < -0.4 is 10.1 Å². The predicted molar refractivity (Wildman–Crippen MR) is 184 cm³/mol. The van der Waals surface area contributed by atoms with Crippen molar-refractivity contribution in [1.29, 1.82) is 0 Å². The molecule has 1 heterocycles. The molecule has 0 spiro atoms. The van der Waals surface area contributed by atoms with Crippen LogP contribution in [0.4, 0.5) is 5.69 Å². The highest BCUT2D eigenvalue weighted by molar-refractivity contribution is 6.42. The molecule has 0 aliphatic carbocycles. The van der Waals surface area contributed by atoms with Gasteiger partial charge in [-0.2, -0.15) is 0 Å². The summed E-state index contributed by atoms with van der Waals surface area (Å²) in [6.45, 7) is 7.89. The third kappa shape index (κ3) is 9.93. The maximum Gasteiger partial charge on any atom is 0.258 e. The van der Waals surface area contributed by atoms with E-state index in [-0.39, 0.29) is 36.5 Å². The van der Waals surface area contributed by atoms with E-state index in [2.05, 4.69) is 17.1 Å². The molecule has 1 aliphatic rings. The lowest BCUT2D eigenvalue weighted by Gasteiger charge is -2.36. The molecule has 0 bridgehead atoms. The van der Waals surface area contributed by atoms with Crippen LogP contribution in [0.15, 0.2) is 66.7 Å². The highest BCUT2D eigenvalue weighted by Gasteiger charge is 2.30. The van der Waals surface area contributed by atoms with E-state index in [9.17, 15) is 14.7 Å². The molecule has 1 aliphatic heterocycles. The molecule has 2 amide bonds. The Morgan fingerprint density at radius 1 is 1.07 bits per heavy atom. The van der Waals surface area contributed by atoms with E-state index in [1.807, 2.05) is 39.1 Å². The van der Waals surface area contributed by atoms with Gasteiger partial charge in [0.25, 0.3) is 11.8 Å². The quantitative estimate of drug-likeness (QED) is 0.264. The normalized spacial score (nSPS) is 20.4. The Balaban J connectivity index is 1.60. The van der Waals surface area contributed by atoms with Crippen LogP contribution in [0.5, 0.6) is 5.75 Å². The van der Waals surface area contributed by atoms with Gasteiger partial charge in [-0.25, -0.2) is 0 Å². The minimum atomic E-state index is -0.467. The number of aliphatic hydroxyl groups is 1. The van der Waals surface area contributed by atoms with Crippen LogP contribution in [-0.2, 0) is 11.3 Å². The molecule has 0 saturated carbocycles. The number of halogens is 2. The minimum absolute atomic E-state index is 0.0681. The average molecular weight is 671 g/mol. The largest absolute Gasteiger partial charge is 0.490 e. The number of carbonyl (C=O) groups is 2. The number of anilines is 1. The lowest BCUT2D eigenvalue weighted by molar-refractivity contribution is -0.0177. The summed E-state index contributed by atoms with van der Waals surface area (Å²) in [4.78, 5) is 31.1. The van der Waals surface area contributed by atoms with E-state index in [1.165, 1.54) is 0 Å². The lowest BCUT2D eigenvalue weighted by atomic mass is 10.0. The van der Waals surface area contributed by atoms with Crippen molar-refractivity contribution in [2.24, 2.45) is 5.92 Å². The van der Waals surface area contributed by atoms with Crippen molar-refractivity contribution in [1.82, 2.24) is 9.80 Å². The van der Waals surface area contributed by atoms with Crippen molar-refractivity contribution in [3.63, 3.8) is 0 Å². The first kappa shape index (κ1) is 35.7. The Morgan fingerprint density at radius 2 is 1.83 bits per heavy atom. The van der Waals surface area contributed by atoms with E-state index in [0.29, 0.717) is 58.9 Å². The number of ether oxygens (including phenoxy) is 2. The van der Waals surface area contributed by atoms with Crippen LogP contribution in [0.1, 0.15) is 66.3 Å². The van der Waals surface area contributed by atoms with E-state index in [1.54, 1.807) is 53.4 Å². The van der Waals surface area contributed by atoms with Crippen LogP contribution in [0.25, 0.3) is 0 Å². The molecule has 2 N–H and O–H groups in total. The standard InChI is InChI=1S/C36H45Cl2N3O5/c1-24-20-41(25(2)23-42)36(44)30-19-29(39-35(43)28-11-6-5-7-12-28)14-16-33(30)46-26(3)10-8-9-17-45-34(24)22-40(4)21-27-13-15-31(37)32(38)18-27/h5-7,11-16,18-19,24-26,34,42H,8-10,17,20-23H2,1-4H3,(H,39,43)/t24-,25-,26-,34+/m1/s1. The van der Waals surface area contributed by atoms with Crippen molar-refractivity contribution < 1.29 is 24.2 Å². The average Bonchev–Trinajstić information content (AvgIpc) is 3.04. The van der Waals surface area contributed by atoms with Gasteiger partial charge in [-0.05, 0) is 88.2 Å². The van der Waals surface area contributed by atoms with Gasteiger partial charge in [0.1, 0.15) is 5.75 Å². The fourth-order valence-electron chi connectivity index (χ4n) is 5.58. The summed E-state index contributed by atoms with van der Waals surface area (Å²) >= 11 is 12.4. The second kappa shape index (κ2) is 17.1. The molecule has 46 heavy (non-hydrogen) atoms. The number of likely N-dealkylation sites (N-methyl/N-ethyl adjacent to an activating group) is 1. The monoisotopic (exact) mass is 669 g/mol. The predicted octanol–water partition coefficient (Wildman–Crippen LogP) is 7.17. The molecule has 4 rings (SSSR count). The SMILES string of the molecule is C[C@@H]1CCCCO[C@@H](CN(C)Cc2ccc(Cl)c(Cl)c2)[C@H](C)CN([C@H](C)CO)C(=O)c2cc(NC(=O)c3ccccc3)ccc2O1. The molecule has 3 aromatic rings. The topological polar surface area (TPSA) is 91.3 Å². The Morgan fingerprint density at radius 3 is 2.54 bits per heavy atom. The molecule has 0 unspecified atom stereocenters. The Hall–Kier alpha value is -3.14. The molecular formula is C36H45Cl2N3O5. The van der Waals surface area contributed by atoms with Crippen molar-refractivity contribution in [3.05, 3.63) is 93.5 Å². The van der Waals surface area contributed by atoms with E-state index >= 15 is 0 Å². The Labute approximate surface area is 282 Å². The van der Waals surface area contributed by atoms with Gasteiger partial charge >= 0.3 is 0 Å². The molecule has 0 radical (unpaired) electrons. The van der Waals surface area contributed by atoms with Crippen LogP contribution in [0, 0.1) is 5.92 Å². The molecule has 10 heteroatoms. The second-order valence-corrected chi connectivity index (χ2v) is 13.1. The number of aliphatic hydroxyl groups excluding tert-OH is 1. The highest BCUT2D eigenvalue weighted by Crippen LogP contribution is 2.29. The number of carbonyl (C=O) groups excluding carboxylic acids is 2. The third-order valence-electron chi connectivity index (χ3n) is 8.27. The van der Waals surface area contributed by atoms with Crippen molar-refractivity contribution >= 4 is 40.7 Å². The second-order valence-electron chi connectivity index (χ2n) is 12.3. The van der Waals surface area contributed by atoms with Crippen LogP contribution >= 0.6 is 23.2 Å². The number of amides is 2. The first-order valence-electron chi connectivity index (χ1n) is 15.9. The zero-order valence-corrected chi connectivity index (χ0v) is 28.6. The van der Waals surface area contributed by atoms with Crippen LogP contribution in [0.3, 0.4) is 0 Å². The Bertz CT molecular complexity index is 1460. The molecule has 3 aromatic carbocycles. The number of hydrogen-bond donors (Lipinski definition) is 2. The van der Waals surface area contributed by atoms with Crippen LogP contribution in [-0.4, -0.2) is 78.3 Å². The number of rotatable bonds is 8. The number of hydrogen-bond acceptors (Lipinski definition) is 6. The summed E-state index contributed by atoms with van der Waals surface area (Å²) in [5.74, 6) is -0.181. The zero-order chi connectivity index (χ0) is 33.2. The van der Waals surface area contributed by atoms with Crippen molar-refractivity contribution in [2.75, 3.05) is 38.7 Å². The fourth-order valence-corrected chi connectivity index (χ4v) is 5.90.